The number of hydrogen-bond donors (Lipinski definition) is 0. The summed E-state index contributed by atoms with van der Waals surface area (Å²) in [6, 6.07) is 8.85. The van der Waals surface area contributed by atoms with Gasteiger partial charge in [-0.25, -0.2) is 4.39 Å². The van der Waals surface area contributed by atoms with Gasteiger partial charge in [-0.05, 0) is 62.2 Å². The summed E-state index contributed by atoms with van der Waals surface area (Å²) in [5, 5.41) is 5.04. The summed E-state index contributed by atoms with van der Waals surface area (Å²) in [4.78, 5) is 13.6. The van der Waals surface area contributed by atoms with Crippen molar-refractivity contribution < 1.29 is 36.4 Å². The molecule has 0 unspecified atom stereocenters. The van der Waals surface area contributed by atoms with Gasteiger partial charge in [0.1, 0.15) is 5.82 Å². The van der Waals surface area contributed by atoms with E-state index in [-0.39, 0.29) is 23.0 Å². The van der Waals surface area contributed by atoms with Crippen LogP contribution in [0.3, 0.4) is 0 Å². The van der Waals surface area contributed by atoms with Crippen LogP contribution in [0.1, 0.15) is 36.4 Å². The van der Waals surface area contributed by atoms with Gasteiger partial charge in [0.15, 0.2) is 17.1 Å². The van der Waals surface area contributed by atoms with E-state index >= 15 is 0 Å². The van der Waals surface area contributed by atoms with E-state index in [1.807, 2.05) is 0 Å². The standard InChI is InChI=1S/C25H26F4N2O4/c1-33-22-13-16(14-23(32)25(27,28)29)3-6-20(22)34-12-2-9-31-10-7-17(8-11-31)24-19-5-4-18(26)15-21(19)35-30-24/h3-6,13,15,17H,2,7-12,14H2,1H3. The molecule has 0 aliphatic carbocycles. The van der Waals surface area contributed by atoms with E-state index in [2.05, 4.69) is 10.1 Å². The molecule has 0 N–H and O–H groups in total. The fourth-order valence-corrected chi connectivity index (χ4v) is 4.35. The smallest absolute Gasteiger partial charge is 0.450 e. The highest BCUT2D eigenvalue weighted by Crippen LogP contribution is 2.33. The van der Waals surface area contributed by atoms with E-state index in [0.717, 1.165) is 50.0 Å². The lowest BCUT2D eigenvalue weighted by Crippen LogP contribution is -2.34. The van der Waals surface area contributed by atoms with Crippen LogP contribution in [0.15, 0.2) is 40.9 Å². The van der Waals surface area contributed by atoms with Crippen LogP contribution >= 0.6 is 0 Å². The summed E-state index contributed by atoms with van der Waals surface area (Å²) in [6.07, 6.45) is -3.00. The van der Waals surface area contributed by atoms with E-state index in [1.54, 1.807) is 6.07 Å². The molecule has 35 heavy (non-hydrogen) atoms. The Kier molecular flexibility index (Phi) is 7.59. The molecule has 2 aromatic carbocycles. The average molecular weight is 494 g/mol. The Labute approximate surface area is 199 Å². The van der Waals surface area contributed by atoms with Crippen LogP contribution in [-0.4, -0.2) is 55.4 Å². The van der Waals surface area contributed by atoms with E-state index in [0.29, 0.717) is 17.9 Å². The largest absolute Gasteiger partial charge is 0.493 e. The van der Waals surface area contributed by atoms with Crippen molar-refractivity contribution in [3.05, 3.63) is 53.5 Å². The quantitative estimate of drug-likeness (QED) is 0.297. The number of aromatic nitrogens is 1. The van der Waals surface area contributed by atoms with E-state index in [4.69, 9.17) is 14.0 Å². The highest BCUT2D eigenvalue weighted by molar-refractivity contribution is 5.86. The van der Waals surface area contributed by atoms with Gasteiger partial charge in [0.05, 0.1) is 19.4 Å². The number of carbonyl (C=O) groups is 1. The number of likely N-dealkylation sites (tertiary alicyclic amines) is 1. The highest BCUT2D eigenvalue weighted by atomic mass is 19.4. The van der Waals surface area contributed by atoms with Gasteiger partial charge >= 0.3 is 6.18 Å². The molecule has 1 aromatic heterocycles. The maximum atomic E-state index is 13.4. The molecule has 6 nitrogen and oxygen atoms in total. The van der Waals surface area contributed by atoms with Crippen molar-refractivity contribution in [3.8, 4) is 11.5 Å². The first-order chi connectivity index (χ1) is 16.7. The molecule has 0 bridgehead atoms. The number of alkyl halides is 3. The Bertz CT molecular complexity index is 1170. The molecule has 0 radical (unpaired) electrons. The van der Waals surface area contributed by atoms with Gasteiger partial charge in [-0.3, -0.25) is 4.79 Å². The third-order valence-electron chi connectivity index (χ3n) is 6.22. The minimum absolute atomic E-state index is 0.212. The molecule has 0 atom stereocenters. The number of ether oxygens (including phenoxy) is 2. The third-order valence-corrected chi connectivity index (χ3v) is 6.22. The number of Topliss-reactive ketones (excluding diaryl/α,β-unsaturated/α-hetero) is 1. The summed E-state index contributed by atoms with van der Waals surface area (Å²) in [5.41, 5.74) is 1.56. The fraction of sp³-hybridized carbons (Fsp3) is 0.440. The van der Waals surface area contributed by atoms with E-state index in [1.165, 1.54) is 37.4 Å². The minimum Gasteiger partial charge on any atom is -0.493 e. The summed E-state index contributed by atoms with van der Waals surface area (Å²) in [5.74, 6) is -1.17. The zero-order valence-electron chi connectivity index (χ0n) is 19.2. The van der Waals surface area contributed by atoms with Crippen LogP contribution < -0.4 is 9.47 Å². The molecule has 188 valence electrons. The fourth-order valence-electron chi connectivity index (χ4n) is 4.35. The van der Waals surface area contributed by atoms with Crippen LogP contribution in [0.2, 0.25) is 0 Å². The number of piperidine rings is 1. The molecule has 0 amide bonds. The van der Waals surface area contributed by atoms with Gasteiger partial charge in [-0.1, -0.05) is 11.2 Å². The number of nitrogens with zero attached hydrogens (tertiary/aromatic N) is 2. The number of hydrogen-bond acceptors (Lipinski definition) is 6. The Morgan fingerprint density at radius 2 is 1.91 bits per heavy atom. The summed E-state index contributed by atoms with van der Waals surface area (Å²) in [7, 11) is 1.40. The van der Waals surface area contributed by atoms with Gasteiger partial charge in [-0.15, -0.1) is 0 Å². The molecular formula is C25H26F4N2O4. The molecule has 0 spiro atoms. The molecule has 0 saturated carbocycles. The van der Waals surface area contributed by atoms with Gasteiger partial charge in [0, 0.05) is 30.3 Å². The van der Waals surface area contributed by atoms with Crippen LogP contribution in [0.25, 0.3) is 11.0 Å². The van der Waals surface area contributed by atoms with E-state index in [9.17, 15) is 22.4 Å². The number of methoxy groups -OCH3 is 1. The van der Waals surface area contributed by atoms with Crippen LogP contribution in [0.5, 0.6) is 11.5 Å². The number of fused-ring (bicyclic) bond motifs is 1. The van der Waals surface area contributed by atoms with Crippen molar-refractivity contribution in [2.75, 3.05) is 33.4 Å². The Hall–Kier alpha value is -3.14. The van der Waals surface area contributed by atoms with Crippen molar-refractivity contribution in [3.63, 3.8) is 0 Å². The minimum atomic E-state index is -4.86. The van der Waals surface area contributed by atoms with Crippen molar-refractivity contribution in [1.29, 1.82) is 0 Å². The molecule has 2 heterocycles. The number of benzene rings is 2. The van der Waals surface area contributed by atoms with Crippen LogP contribution in [0.4, 0.5) is 17.6 Å². The highest BCUT2D eigenvalue weighted by Gasteiger charge is 2.37. The molecule has 10 heteroatoms. The van der Waals surface area contributed by atoms with Gasteiger partial charge in [0.25, 0.3) is 0 Å². The van der Waals surface area contributed by atoms with Crippen molar-refractivity contribution in [2.45, 2.75) is 37.8 Å². The van der Waals surface area contributed by atoms with Gasteiger partial charge in [-0.2, -0.15) is 13.2 Å². The number of carbonyl (C=O) groups excluding carboxylic acids is 1. The lowest BCUT2D eigenvalue weighted by molar-refractivity contribution is -0.170. The monoisotopic (exact) mass is 494 g/mol. The maximum absolute atomic E-state index is 13.4. The lowest BCUT2D eigenvalue weighted by Gasteiger charge is -2.31. The first kappa shape index (κ1) is 25.0. The molecule has 4 rings (SSSR count). The average Bonchev–Trinajstić information content (AvgIpc) is 3.25. The number of halogens is 4. The van der Waals surface area contributed by atoms with Crippen molar-refractivity contribution >= 4 is 16.8 Å². The predicted molar refractivity (Wildman–Crippen MR) is 120 cm³/mol. The van der Waals surface area contributed by atoms with Crippen molar-refractivity contribution in [1.82, 2.24) is 10.1 Å². The Morgan fingerprint density at radius 3 is 2.63 bits per heavy atom. The molecule has 1 aliphatic rings. The van der Waals surface area contributed by atoms with Crippen LogP contribution in [0, 0.1) is 5.82 Å². The third kappa shape index (κ3) is 6.11. The number of rotatable bonds is 9. The normalized spacial score (nSPS) is 15.5. The molecule has 1 aliphatic heterocycles. The van der Waals surface area contributed by atoms with Gasteiger partial charge < -0.3 is 18.9 Å². The van der Waals surface area contributed by atoms with Crippen molar-refractivity contribution in [2.24, 2.45) is 0 Å². The predicted octanol–water partition coefficient (Wildman–Crippen LogP) is 5.30. The SMILES string of the molecule is COc1cc(CC(=O)C(F)(F)F)ccc1OCCCN1CCC(c2noc3cc(F)ccc23)CC1. The van der Waals surface area contributed by atoms with Gasteiger partial charge in [0.2, 0.25) is 5.78 Å². The second-order valence-electron chi connectivity index (χ2n) is 8.61. The zero-order chi connectivity index (χ0) is 25.0. The second-order valence-corrected chi connectivity index (χ2v) is 8.61. The molecule has 1 fully saturated rings. The lowest BCUT2D eigenvalue weighted by atomic mass is 9.91. The topological polar surface area (TPSA) is 64.8 Å². The zero-order valence-corrected chi connectivity index (χ0v) is 19.2. The summed E-state index contributed by atoms with van der Waals surface area (Å²) >= 11 is 0. The molecule has 1 saturated heterocycles. The summed E-state index contributed by atoms with van der Waals surface area (Å²) in [6.45, 7) is 3.03. The molecular weight excluding hydrogens is 468 g/mol. The summed E-state index contributed by atoms with van der Waals surface area (Å²) < 4.78 is 67.2. The second kappa shape index (κ2) is 10.6. The van der Waals surface area contributed by atoms with Crippen LogP contribution in [-0.2, 0) is 11.2 Å². The molecule has 3 aromatic rings. The first-order valence-electron chi connectivity index (χ1n) is 11.4. The Balaban J connectivity index is 1.23. The number of ketones is 1. The van der Waals surface area contributed by atoms with E-state index < -0.39 is 18.4 Å². The Morgan fingerprint density at radius 1 is 1.14 bits per heavy atom. The maximum Gasteiger partial charge on any atom is 0.450 e. The first-order valence-corrected chi connectivity index (χ1v) is 11.4.